The third-order valence-electron chi connectivity index (χ3n) is 1.42. The van der Waals surface area contributed by atoms with Gasteiger partial charge in [0, 0.05) is 0 Å². The molecule has 0 saturated heterocycles. The molecule has 0 fully saturated rings. The summed E-state index contributed by atoms with van der Waals surface area (Å²) in [6.45, 7) is -0.760. The molecule has 0 saturated carbocycles. The molecule has 0 spiro atoms. The minimum Gasteiger partial charge on any atom is -1.00 e. The Bertz CT molecular complexity index is 153. The van der Waals surface area contributed by atoms with Crippen LogP contribution < -0.4 is 0 Å². The Labute approximate surface area is 113 Å². The second-order valence-electron chi connectivity index (χ2n) is 2.36. The van der Waals surface area contributed by atoms with E-state index in [0.29, 0.717) is 0 Å². The van der Waals surface area contributed by atoms with Gasteiger partial charge in [0.05, 0.1) is 6.61 Å². The Balaban J connectivity index is -0.000000101. The van der Waals surface area contributed by atoms with E-state index in [0.717, 1.165) is 0 Å². The molecule has 0 aliphatic carbocycles. The molecule has 0 aromatic heterocycles. The number of aliphatic hydroxyl groups is 5. The number of carbonyl (C=O) groups excluding carboxylic acids is 1. The summed E-state index contributed by atoms with van der Waals surface area (Å²) < 4.78 is 0. The van der Waals surface area contributed by atoms with Crippen molar-refractivity contribution in [1.29, 1.82) is 0 Å². The Morgan fingerprint density at radius 1 is 1.14 bits per heavy atom. The van der Waals surface area contributed by atoms with Crippen molar-refractivity contribution in [2.75, 3.05) is 6.61 Å². The third kappa shape index (κ3) is 6.23. The van der Waals surface area contributed by atoms with Crippen LogP contribution >= 0.6 is 0 Å². The fourth-order valence-corrected chi connectivity index (χ4v) is 0.618. The zero-order valence-corrected chi connectivity index (χ0v) is 9.65. The van der Waals surface area contributed by atoms with E-state index in [4.69, 9.17) is 25.5 Å². The summed E-state index contributed by atoms with van der Waals surface area (Å²) in [6.07, 6.45) is -6.84. The van der Waals surface area contributed by atoms with Crippen LogP contribution in [0.25, 0.3) is 0 Å². The van der Waals surface area contributed by atoms with Crippen molar-refractivity contribution >= 4 is 44.0 Å². The van der Waals surface area contributed by atoms with E-state index in [1.54, 1.807) is 0 Å². The van der Waals surface area contributed by atoms with Gasteiger partial charge in [-0.15, -0.1) is 0 Å². The first-order valence-electron chi connectivity index (χ1n) is 3.33. The van der Waals surface area contributed by atoms with Crippen LogP contribution in [-0.4, -0.2) is 106 Å². The SMILES string of the molecule is O.O=C[C@H](O)[C@@H](O)[C@H](O)[C@H](O)CO.[Ca+2].[H-].[H-]. The van der Waals surface area contributed by atoms with Crippen LogP contribution in [0.15, 0.2) is 0 Å². The number of rotatable bonds is 5. The number of hydrogen-bond donors (Lipinski definition) is 5. The monoisotopic (exact) mass is 240 g/mol. The van der Waals surface area contributed by atoms with Crippen molar-refractivity contribution in [3.63, 3.8) is 0 Å². The molecule has 7 nitrogen and oxygen atoms in total. The van der Waals surface area contributed by atoms with Gasteiger partial charge in [0.15, 0.2) is 6.29 Å². The van der Waals surface area contributed by atoms with Crippen molar-refractivity contribution in [1.82, 2.24) is 0 Å². The second-order valence-corrected chi connectivity index (χ2v) is 2.36. The predicted octanol–water partition coefficient (Wildman–Crippen LogP) is -4.36. The zero-order chi connectivity index (χ0) is 9.72. The van der Waals surface area contributed by atoms with Crippen molar-refractivity contribution in [2.24, 2.45) is 0 Å². The Morgan fingerprint density at radius 2 is 1.57 bits per heavy atom. The molecular weight excluding hydrogens is 224 g/mol. The number of hydrogen-bond acceptors (Lipinski definition) is 6. The minimum atomic E-state index is -1.79. The molecule has 0 bridgehead atoms. The number of carbonyl (C=O) groups is 1. The maximum atomic E-state index is 9.90. The summed E-state index contributed by atoms with van der Waals surface area (Å²) in [5, 5.41) is 43.5. The minimum absolute atomic E-state index is 0. The second kappa shape index (κ2) is 10.2. The van der Waals surface area contributed by atoms with Crippen LogP contribution in [0.4, 0.5) is 0 Å². The molecule has 7 N–H and O–H groups in total. The van der Waals surface area contributed by atoms with Crippen LogP contribution in [-0.2, 0) is 4.79 Å². The molecule has 0 rings (SSSR count). The Hall–Kier alpha value is 0.690. The first-order chi connectivity index (χ1) is 5.54. The van der Waals surface area contributed by atoms with Gasteiger partial charge in [0.25, 0.3) is 0 Å². The van der Waals surface area contributed by atoms with Crippen LogP contribution in [0.5, 0.6) is 0 Å². The molecule has 0 aliphatic rings. The van der Waals surface area contributed by atoms with Crippen molar-refractivity contribution in [2.45, 2.75) is 24.4 Å². The van der Waals surface area contributed by atoms with Crippen LogP contribution in [0.1, 0.15) is 2.85 Å². The van der Waals surface area contributed by atoms with Crippen LogP contribution in [0, 0.1) is 0 Å². The van der Waals surface area contributed by atoms with Gasteiger partial charge < -0.3 is 38.7 Å². The van der Waals surface area contributed by atoms with Crippen molar-refractivity contribution in [3.05, 3.63) is 0 Å². The van der Waals surface area contributed by atoms with E-state index in [-0.39, 0.29) is 52.4 Å². The number of aldehydes is 1. The average Bonchev–Trinajstić information content (AvgIpc) is 2.12. The Kier molecular flexibility index (Phi) is 14.7. The molecule has 8 heteroatoms. The van der Waals surface area contributed by atoms with E-state index >= 15 is 0 Å². The molecule has 4 atom stereocenters. The maximum absolute atomic E-state index is 9.90. The molecule has 0 aliphatic heterocycles. The standard InChI is InChI=1S/C6H12O6.Ca.H2O.2H/c7-1-3(9)5(11)6(12)4(10)2-8;;;;/h1,3-6,8-12H,2H2;;1H2;;/q;+2;;2*-1/t3-,4+,5+,6+;;;;/m0..../s1. The van der Waals surface area contributed by atoms with E-state index in [1.165, 1.54) is 0 Å². The van der Waals surface area contributed by atoms with Crippen LogP contribution in [0.2, 0.25) is 0 Å². The Morgan fingerprint density at radius 3 is 1.86 bits per heavy atom. The van der Waals surface area contributed by atoms with Gasteiger partial charge >= 0.3 is 37.7 Å². The van der Waals surface area contributed by atoms with E-state index in [2.05, 4.69) is 0 Å². The average molecular weight is 240 g/mol. The largest absolute Gasteiger partial charge is 2.00 e. The summed E-state index contributed by atoms with van der Waals surface area (Å²) in [7, 11) is 0. The summed E-state index contributed by atoms with van der Waals surface area (Å²) in [6, 6.07) is 0. The van der Waals surface area contributed by atoms with Crippen LogP contribution in [0.3, 0.4) is 0 Å². The molecule has 0 aromatic rings. The molecule has 84 valence electrons. The van der Waals surface area contributed by atoms with E-state index in [9.17, 15) is 4.79 Å². The third-order valence-corrected chi connectivity index (χ3v) is 1.42. The topological polar surface area (TPSA) is 150 Å². The summed E-state index contributed by atoms with van der Waals surface area (Å²) in [5.74, 6) is 0. The normalized spacial score (nSPS) is 18.1. The fourth-order valence-electron chi connectivity index (χ4n) is 0.618. The zero-order valence-electron chi connectivity index (χ0n) is 9.45. The van der Waals surface area contributed by atoms with Crippen molar-refractivity contribution in [3.8, 4) is 0 Å². The van der Waals surface area contributed by atoms with Gasteiger partial charge in [-0.3, -0.25) is 0 Å². The predicted molar refractivity (Wildman–Crippen MR) is 48.8 cm³/mol. The van der Waals surface area contributed by atoms with Gasteiger partial charge in [-0.05, 0) is 0 Å². The van der Waals surface area contributed by atoms with Gasteiger partial charge in [-0.1, -0.05) is 0 Å². The molecule has 0 radical (unpaired) electrons. The van der Waals surface area contributed by atoms with E-state index in [1.807, 2.05) is 0 Å². The molecule has 0 unspecified atom stereocenters. The molecule has 0 amide bonds. The maximum Gasteiger partial charge on any atom is 2.00 e. The smallest absolute Gasteiger partial charge is 1.00 e. The first kappa shape index (κ1) is 20.1. The quantitative estimate of drug-likeness (QED) is 0.242. The van der Waals surface area contributed by atoms with Gasteiger partial charge in [0.2, 0.25) is 0 Å². The first-order valence-corrected chi connectivity index (χ1v) is 3.33. The van der Waals surface area contributed by atoms with Gasteiger partial charge in [0.1, 0.15) is 24.4 Å². The van der Waals surface area contributed by atoms with E-state index < -0.39 is 31.0 Å². The van der Waals surface area contributed by atoms with Crippen molar-refractivity contribution < 1.29 is 38.7 Å². The molecule has 14 heavy (non-hydrogen) atoms. The summed E-state index contributed by atoms with van der Waals surface area (Å²) in [4.78, 5) is 9.90. The fraction of sp³-hybridized carbons (Fsp3) is 0.833. The summed E-state index contributed by atoms with van der Waals surface area (Å²) >= 11 is 0. The molecular formula is C6H16CaO7. The van der Waals surface area contributed by atoms with Gasteiger partial charge in [-0.2, -0.15) is 0 Å². The van der Waals surface area contributed by atoms with Gasteiger partial charge in [-0.25, -0.2) is 0 Å². The summed E-state index contributed by atoms with van der Waals surface area (Å²) in [5.41, 5.74) is 0. The molecule has 0 heterocycles. The number of aliphatic hydroxyl groups excluding tert-OH is 5. The molecule has 0 aromatic carbocycles.